The average Bonchev–Trinajstić information content (AvgIpc) is 3.14. The van der Waals surface area contributed by atoms with E-state index in [0.29, 0.717) is 19.3 Å². The molecule has 308 valence electrons. The Kier molecular flexibility index (Phi) is 36.6. The average molecular weight is 737 g/mol. The molecule has 3 unspecified atom stereocenters. The maximum absolute atomic E-state index is 12.7. The molecule has 0 spiro atoms. The van der Waals surface area contributed by atoms with Crippen molar-refractivity contribution in [3.8, 4) is 0 Å². The molecule has 0 aromatic carbocycles. The van der Waals surface area contributed by atoms with Crippen LogP contribution in [0.4, 0.5) is 0 Å². The van der Waals surface area contributed by atoms with Crippen LogP contribution in [-0.4, -0.2) is 37.2 Å². The molecule has 0 N–H and O–H groups in total. The van der Waals surface area contributed by atoms with Gasteiger partial charge in [-0.25, -0.2) is 0 Å². The Morgan fingerprint density at radius 3 is 0.904 bits per heavy atom. The maximum Gasteiger partial charge on any atom is 0.306 e. The standard InChI is InChI=1S/C46H88O6/c1-7-40(4)32-26-20-14-12-10-11-13-15-23-29-35-44(47)50-38-43(52-46(49)37-31-25-19-17-22-28-34-42(6)9-3)39-51-45(48)36-30-24-18-16-21-27-33-41(5)8-2/h40-43H,7-39H2,1-6H3/t40?,41?,42?,43-/m1/s1. The summed E-state index contributed by atoms with van der Waals surface area (Å²) in [5, 5.41) is 0. The van der Waals surface area contributed by atoms with E-state index in [-0.39, 0.29) is 31.1 Å². The van der Waals surface area contributed by atoms with E-state index in [2.05, 4.69) is 41.5 Å². The molecule has 0 amide bonds. The number of carbonyl (C=O) groups excluding carboxylic acids is 3. The molecule has 52 heavy (non-hydrogen) atoms. The summed E-state index contributed by atoms with van der Waals surface area (Å²) in [6.07, 6.45) is 33.7. The Labute approximate surface area is 323 Å². The van der Waals surface area contributed by atoms with Crippen LogP contribution < -0.4 is 0 Å². The largest absolute Gasteiger partial charge is 0.462 e. The van der Waals surface area contributed by atoms with Gasteiger partial charge in [0.2, 0.25) is 0 Å². The molecule has 0 saturated heterocycles. The van der Waals surface area contributed by atoms with Crippen LogP contribution in [0.3, 0.4) is 0 Å². The van der Waals surface area contributed by atoms with Crippen molar-refractivity contribution in [1.29, 1.82) is 0 Å². The Morgan fingerprint density at radius 2 is 0.615 bits per heavy atom. The van der Waals surface area contributed by atoms with Crippen molar-refractivity contribution >= 4 is 17.9 Å². The lowest BCUT2D eigenvalue weighted by atomic mass is 9.99. The van der Waals surface area contributed by atoms with Crippen molar-refractivity contribution in [1.82, 2.24) is 0 Å². The van der Waals surface area contributed by atoms with Crippen molar-refractivity contribution in [2.24, 2.45) is 17.8 Å². The number of ether oxygens (including phenoxy) is 3. The normalized spacial score (nSPS) is 13.7. The SMILES string of the molecule is CCC(C)CCCCCCCCCCCCC(=O)OC[C@H](COC(=O)CCCCCCCCC(C)CC)OC(=O)CCCCCCCCC(C)CC. The van der Waals surface area contributed by atoms with E-state index in [4.69, 9.17) is 14.2 Å². The second-order valence-corrected chi connectivity index (χ2v) is 16.4. The van der Waals surface area contributed by atoms with Crippen LogP contribution in [0.2, 0.25) is 0 Å². The summed E-state index contributed by atoms with van der Waals surface area (Å²) in [6.45, 7) is 13.6. The minimum Gasteiger partial charge on any atom is -0.462 e. The first-order valence-electron chi connectivity index (χ1n) is 22.7. The number of esters is 3. The summed E-state index contributed by atoms with van der Waals surface area (Å²) in [5.74, 6) is 1.63. The van der Waals surface area contributed by atoms with Gasteiger partial charge in [-0.05, 0) is 37.0 Å². The fourth-order valence-electron chi connectivity index (χ4n) is 6.60. The molecule has 0 aromatic rings. The van der Waals surface area contributed by atoms with E-state index in [1.807, 2.05) is 0 Å². The van der Waals surface area contributed by atoms with E-state index >= 15 is 0 Å². The Hall–Kier alpha value is -1.59. The summed E-state index contributed by atoms with van der Waals surface area (Å²) in [7, 11) is 0. The summed E-state index contributed by atoms with van der Waals surface area (Å²) in [5.41, 5.74) is 0. The van der Waals surface area contributed by atoms with E-state index in [1.54, 1.807) is 0 Å². The Bertz CT molecular complexity index is 813. The number of hydrogen-bond donors (Lipinski definition) is 0. The van der Waals surface area contributed by atoms with Gasteiger partial charge >= 0.3 is 17.9 Å². The fraction of sp³-hybridized carbons (Fsp3) is 0.935. The minimum absolute atomic E-state index is 0.0674. The molecular weight excluding hydrogens is 648 g/mol. The molecule has 0 aromatic heterocycles. The molecule has 0 bridgehead atoms. The lowest BCUT2D eigenvalue weighted by Gasteiger charge is -2.18. The highest BCUT2D eigenvalue weighted by Gasteiger charge is 2.19. The number of rotatable bonds is 39. The molecule has 6 nitrogen and oxygen atoms in total. The van der Waals surface area contributed by atoms with E-state index in [0.717, 1.165) is 75.5 Å². The highest BCUT2D eigenvalue weighted by atomic mass is 16.6. The van der Waals surface area contributed by atoms with Gasteiger partial charge < -0.3 is 14.2 Å². The molecule has 0 aliphatic heterocycles. The van der Waals surface area contributed by atoms with Gasteiger partial charge in [0.15, 0.2) is 6.10 Å². The molecule has 4 atom stereocenters. The third kappa shape index (κ3) is 35.4. The van der Waals surface area contributed by atoms with Crippen molar-refractivity contribution in [2.45, 2.75) is 247 Å². The molecule has 0 aliphatic rings. The van der Waals surface area contributed by atoms with Crippen LogP contribution in [0.5, 0.6) is 0 Å². The first kappa shape index (κ1) is 50.4. The minimum atomic E-state index is -0.762. The van der Waals surface area contributed by atoms with Gasteiger partial charge in [0, 0.05) is 19.3 Å². The predicted octanol–water partition coefficient (Wildman–Crippen LogP) is 14.0. The summed E-state index contributed by atoms with van der Waals surface area (Å²) >= 11 is 0. The van der Waals surface area contributed by atoms with Gasteiger partial charge in [0.25, 0.3) is 0 Å². The molecule has 6 heteroatoms. The van der Waals surface area contributed by atoms with Crippen molar-refractivity contribution in [2.75, 3.05) is 13.2 Å². The highest BCUT2D eigenvalue weighted by Crippen LogP contribution is 2.18. The quantitative estimate of drug-likeness (QED) is 0.0355. The van der Waals surface area contributed by atoms with Crippen LogP contribution in [-0.2, 0) is 28.6 Å². The molecule has 0 aliphatic carbocycles. The Balaban J connectivity index is 4.35. The van der Waals surface area contributed by atoms with Gasteiger partial charge in [-0.2, -0.15) is 0 Å². The Morgan fingerprint density at radius 1 is 0.365 bits per heavy atom. The zero-order valence-electron chi connectivity index (χ0n) is 35.6. The topological polar surface area (TPSA) is 78.9 Å². The fourth-order valence-corrected chi connectivity index (χ4v) is 6.60. The number of carbonyl (C=O) groups is 3. The molecule has 0 radical (unpaired) electrons. The second kappa shape index (κ2) is 37.7. The first-order chi connectivity index (χ1) is 25.2. The van der Waals surface area contributed by atoms with Crippen LogP contribution in [0.15, 0.2) is 0 Å². The van der Waals surface area contributed by atoms with Crippen molar-refractivity contribution in [3.05, 3.63) is 0 Å². The van der Waals surface area contributed by atoms with Gasteiger partial charge in [0.05, 0.1) is 0 Å². The van der Waals surface area contributed by atoms with Gasteiger partial charge in [-0.15, -0.1) is 0 Å². The monoisotopic (exact) mass is 737 g/mol. The summed E-state index contributed by atoms with van der Waals surface area (Å²) in [6, 6.07) is 0. The van der Waals surface area contributed by atoms with E-state index in [1.165, 1.54) is 122 Å². The number of unbranched alkanes of at least 4 members (excludes halogenated alkanes) is 19. The van der Waals surface area contributed by atoms with Crippen LogP contribution in [0.1, 0.15) is 241 Å². The van der Waals surface area contributed by atoms with Gasteiger partial charge in [-0.1, -0.05) is 202 Å². The summed E-state index contributed by atoms with van der Waals surface area (Å²) < 4.78 is 16.7. The maximum atomic E-state index is 12.7. The zero-order valence-corrected chi connectivity index (χ0v) is 35.6. The third-order valence-electron chi connectivity index (χ3n) is 11.2. The molecule has 0 heterocycles. The zero-order chi connectivity index (χ0) is 38.5. The smallest absolute Gasteiger partial charge is 0.306 e. The van der Waals surface area contributed by atoms with Crippen molar-refractivity contribution in [3.63, 3.8) is 0 Å². The lowest BCUT2D eigenvalue weighted by molar-refractivity contribution is -0.167. The molecule has 0 fully saturated rings. The highest BCUT2D eigenvalue weighted by molar-refractivity contribution is 5.71. The molecule has 0 rings (SSSR count). The van der Waals surface area contributed by atoms with Crippen LogP contribution in [0.25, 0.3) is 0 Å². The molecule has 0 saturated carbocycles. The predicted molar refractivity (Wildman–Crippen MR) is 219 cm³/mol. The summed E-state index contributed by atoms with van der Waals surface area (Å²) in [4.78, 5) is 37.7. The first-order valence-corrected chi connectivity index (χ1v) is 22.7. The van der Waals surface area contributed by atoms with Crippen LogP contribution in [0, 0.1) is 17.8 Å². The van der Waals surface area contributed by atoms with E-state index in [9.17, 15) is 14.4 Å². The van der Waals surface area contributed by atoms with Gasteiger partial charge in [-0.3, -0.25) is 14.4 Å². The van der Waals surface area contributed by atoms with Crippen LogP contribution >= 0.6 is 0 Å². The lowest BCUT2D eigenvalue weighted by Crippen LogP contribution is -2.30. The molecular formula is C46H88O6. The number of hydrogen-bond acceptors (Lipinski definition) is 6. The van der Waals surface area contributed by atoms with E-state index < -0.39 is 6.10 Å². The van der Waals surface area contributed by atoms with Crippen molar-refractivity contribution < 1.29 is 28.6 Å². The van der Waals surface area contributed by atoms with Gasteiger partial charge in [0.1, 0.15) is 13.2 Å². The third-order valence-corrected chi connectivity index (χ3v) is 11.2. The second-order valence-electron chi connectivity index (χ2n) is 16.4.